The molecule has 142 valence electrons. The highest BCUT2D eigenvalue weighted by molar-refractivity contribution is 5.85. The minimum absolute atomic E-state index is 0. The van der Waals surface area contributed by atoms with Gasteiger partial charge in [0.05, 0.1) is 18.6 Å². The van der Waals surface area contributed by atoms with Crippen LogP contribution in [0.25, 0.3) is 0 Å². The van der Waals surface area contributed by atoms with Gasteiger partial charge in [0.2, 0.25) is 5.91 Å². The summed E-state index contributed by atoms with van der Waals surface area (Å²) in [5.41, 5.74) is 0. The second-order valence-electron chi connectivity index (χ2n) is 6.99. The molecule has 1 amide bonds. The summed E-state index contributed by atoms with van der Waals surface area (Å²) >= 11 is 0. The van der Waals surface area contributed by atoms with Crippen LogP contribution in [0.5, 0.6) is 0 Å². The zero-order valence-corrected chi connectivity index (χ0v) is 16.2. The minimum Gasteiger partial charge on any atom is -0.377 e. The minimum atomic E-state index is 0. The van der Waals surface area contributed by atoms with Gasteiger partial charge in [-0.15, -0.1) is 24.8 Å². The fourth-order valence-corrected chi connectivity index (χ4v) is 3.92. The zero-order valence-electron chi connectivity index (χ0n) is 14.6. The number of nitrogens with zero attached hydrogens (tertiary/aromatic N) is 2. The number of nitrogens with one attached hydrogen (secondary N) is 1. The van der Waals surface area contributed by atoms with Crippen LogP contribution < -0.4 is 5.32 Å². The number of piperidine rings is 2. The van der Waals surface area contributed by atoms with Crippen molar-refractivity contribution < 1.29 is 9.53 Å². The van der Waals surface area contributed by atoms with E-state index in [9.17, 15) is 4.79 Å². The third-order valence-corrected chi connectivity index (χ3v) is 5.36. The molecule has 3 aliphatic heterocycles. The van der Waals surface area contributed by atoms with Crippen LogP contribution in [-0.2, 0) is 9.53 Å². The highest BCUT2D eigenvalue weighted by Crippen LogP contribution is 2.19. The molecule has 1 unspecified atom stereocenters. The molecule has 5 nitrogen and oxygen atoms in total. The van der Waals surface area contributed by atoms with Gasteiger partial charge in [-0.3, -0.25) is 4.79 Å². The lowest BCUT2D eigenvalue weighted by molar-refractivity contribution is -0.138. The second-order valence-corrected chi connectivity index (χ2v) is 6.99. The third-order valence-electron chi connectivity index (χ3n) is 5.36. The van der Waals surface area contributed by atoms with Crippen molar-refractivity contribution in [1.29, 1.82) is 0 Å². The first-order chi connectivity index (χ1) is 10.8. The molecule has 3 heterocycles. The summed E-state index contributed by atoms with van der Waals surface area (Å²) in [6.45, 7) is 8.10. The Labute approximate surface area is 158 Å². The van der Waals surface area contributed by atoms with E-state index in [1.807, 2.05) is 0 Å². The SMILES string of the molecule is Cl.Cl.O=C(C1CCCNC1)N1CCC(OCCN2CCCC2)CC1. The van der Waals surface area contributed by atoms with Crippen molar-refractivity contribution in [2.45, 2.75) is 44.6 Å². The van der Waals surface area contributed by atoms with Crippen molar-refractivity contribution in [1.82, 2.24) is 15.1 Å². The smallest absolute Gasteiger partial charge is 0.226 e. The number of carbonyl (C=O) groups is 1. The number of hydrogen-bond acceptors (Lipinski definition) is 4. The number of ether oxygens (including phenoxy) is 1. The molecule has 0 aliphatic carbocycles. The molecule has 1 atom stereocenters. The van der Waals surface area contributed by atoms with E-state index in [4.69, 9.17) is 4.74 Å². The highest BCUT2D eigenvalue weighted by atomic mass is 35.5. The normalized spacial score (nSPS) is 25.8. The molecule has 7 heteroatoms. The monoisotopic (exact) mass is 381 g/mol. The summed E-state index contributed by atoms with van der Waals surface area (Å²) in [4.78, 5) is 17.0. The topological polar surface area (TPSA) is 44.8 Å². The zero-order chi connectivity index (χ0) is 15.2. The molecule has 0 aromatic carbocycles. The third kappa shape index (κ3) is 6.34. The molecule has 0 spiro atoms. The number of amides is 1. The van der Waals surface area contributed by atoms with Crippen molar-refractivity contribution in [3.8, 4) is 0 Å². The molecule has 0 aromatic heterocycles. The van der Waals surface area contributed by atoms with E-state index in [2.05, 4.69) is 15.1 Å². The average molecular weight is 382 g/mol. The van der Waals surface area contributed by atoms with Gasteiger partial charge in [-0.2, -0.15) is 0 Å². The second kappa shape index (κ2) is 11.5. The summed E-state index contributed by atoms with van der Waals surface area (Å²) in [6, 6.07) is 0. The van der Waals surface area contributed by atoms with Gasteiger partial charge in [0.25, 0.3) is 0 Å². The van der Waals surface area contributed by atoms with Gasteiger partial charge in [-0.05, 0) is 58.2 Å². The largest absolute Gasteiger partial charge is 0.377 e. The molecule has 3 rings (SSSR count). The number of hydrogen-bond donors (Lipinski definition) is 1. The molecular formula is C17H33Cl2N3O2. The quantitative estimate of drug-likeness (QED) is 0.789. The van der Waals surface area contributed by atoms with Crippen LogP contribution in [0.15, 0.2) is 0 Å². The van der Waals surface area contributed by atoms with Crippen molar-refractivity contribution in [3.05, 3.63) is 0 Å². The van der Waals surface area contributed by atoms with Gasteiger partial charge in [0.1, 0.15) is 0 Å². The lowest BCUT2D eigenvalue weighted by atomic mass is 9.96. The molecule has 3 fully saturated rings. The first-order valence-electron chi connectivity index (χ1n) is 9.16. The molecule has 1 N–H and O–H groups in total. The maximum absolute atomic E-state index is 12.5. The van der Waals surface area contributed by atoms with E-state index in [1.54, 1.807) is 0 Å². The Morgan fingerprint density at radius 3 is 2.33 bits per heavy atom. The summed E-state index contributed by atoms with van der Waals surface area (Å²) < 4.78 is 6.03. The molecule has 3 aliphatic rings. The molecule has 3 saturated heterocycles. The predicted molar refractivity (Wildman–Crippen MR) is 101 cm³/mol. The van der Waals surface area contributed by atoms with Crippen molar-refractivity contribution >= 4 is 30.7 Å². The van der Waals surface area contributed by atoms with E-state index in [1.165, 1.54) is 25.9 Å². The molecule has 0 aromatic rings. The number of rotatable bonds is 5. The standard InChI is InChI=1S/C17H31N3O2.2ClH/c21-17(15-4-3-7-18-14-15)20-10-5-16(6-11-20)22-13-12-19-8-1-2-9-19;;/h15-16,18H,1-14H2;2*1H. The van der Waals surface area contributed by atoms with Gasteiger partial charge in [0, 0.05) is 26.2 Å². The highest BCUT2D eigenvalue weighted by Gasteiger charge is 2.29. The Kier molecular flexibility index (Phi) is 10.6. The number of likely N-dealkylation sites (tertiary alicyclic amines) is 2. The Hall–Kier alpha value is -0.0700. The predicted octanol–water partition coefficient (Wildman–Crippen LogP) is 1.93. The van der Waals surface area contributed by atoms with Crippen molar-refractivity contribution in [2.24, 2.45) is 5.92 Å². The van der Waals surface area contributed by atoms with Gasteiger partial charge in [-0.25, -0.2) is 0 Å². The van der Waals surface area contributed by atoms with Gasteiger partial charge in [0.15, 0.2) is 0 Å². The molecule has 24 heavy (non-hydrogen) atoms. The fourth-order valence-electron chi connectivity index (χ4n) is 3.92. The average Bonchev–Trinajstić information content (AvgIpc) is 3.09. The lowest BCUT2D eigenvalue weighted by Crippen LogP contribution is -2.47. The van der Waals surface area contributed by atoms with Gasteiger partial charge >= 0.3 is 0 Å². The number of halogens is 2. The maximum Gasteiger partial charge on any atom is 0.226 e. The Bertz CT molecular complexity index is 354. The molecule has 0 bridgehead atoms. The van der Waals surface area contributed by atoms with Crippen LogP contribution in [0.2, 0.25) is 0 Å². The van der Waals surface area contributed by atoms with E-state index < -0.39 is 0 Å². The summed E-state index contributed by atoms with van der Waals surface area (Å²) in [7, 11) is 0. The van der Waals surface area contributed by atoms with Crippen molar-refractivity contribution in [2.75, 3.05) is 52.4 Å². The summed E-state index contributed by atoms with van der Waals surface area (Å²) in [5, 5.41) is 3.34. The Morgan fingerprint density at radius 2 is 1.71 bits per heavy atom. The molecule has 0 radical (unpaired) electrons. The summed E-state index contributed by atoms with van der Waals surface area (Å²) in [5.74, 6) is 0.573. The van der Waals surface area contributed by atoms with Crippen LogP contribution in [0.1, 0.15) is 38.5 Å². The first-order valence-corrected chi connectivity index (χ1v) is 9.16. The van der Waals surface area contributed by atoms with Crippen LogP contribution in [-0.4, -0.2) is 74.2 Å². The van der Waals surface area contributed by atoms with E-state index in [0.29, 0.717) is 12.0 Å². The summed E-state index contributed by atoms with van der Waals surface area (Å²) in [6.07, 6.45) is 7.24. The van der Waals surface area contributed by atoms with Gasteiger partial charge in [-0.1, -0.05) is 0 Å². The fraction of sp³-hybridized carbons (Fsp3) is 0.941. The Morgan fingerprint density at radius 1 is 1.00 bits per heavy atom. The van der Waals surface area contributed by atoms with Crippen LogP contribution >= 0.6 is 24.8 Å². The molecule has 0 saturated carbocycles. The maximum atomic E-state index is 12.5. The number of carbonyl (C=O) groups excluding carboxylic acids is 1. The van der Waals surface area contributed by atoms with E-state index in [0.717, 1.165) is 65.0 Å². The molecular weight excluding hydrogens is 349 g/mol. The van der Waals surface area contributed by atoms with E-state index in [-0.39, 0.29) is 30.7 Å². The first kappa shape index (κ1) is 22.0. The van der Waals surface area contributed by atoms with Crippen LogP contribution in [0, 0.1) is 5.92 Å². The van der Waals surface area contributed by atoms with Gasteiger partial charge < -0.3 is 19.9 Å². The van der Waals surface area contributed by atoms with Crippen molar-refractivity contribution in [3.63, 3.8) is 0 Å². The van der Waals surface area contributed by atoms with Crippen LogP contribution in [0.4, 0.5) is 0 Å². The lowest BCUT2D eigenvalue weighted by Gasteiger charge is -2.35. The van der Waals surface area contributed by atoms with Crippen LogP contribution in [0.3, 0.4) is 0 Å². The Balaban J connectivity index is 0.00000144. The van der Waals surface area contributed by atoms with E-state index >= 15 is 0 Å².